The van der Waals surface area contributed by atoms with Crippen molar-refractivity contribution in [2.24, 2.45) is 0 Å². The van der Waals surface area contributed by atoms with Crippen molar-refractivity contribution in [1.82, 2.24) is 4.31 Å². The lowest BCUT2D eigenvalue weighted by atomic mass is 10.0. The van der Waals surface area contributed by atoms with Crippen LogP contribution in [-0.2, 0) is 14.8 Å². The van der Waals surface area contributed by atoms with Gasteiger partial charge in [0.2, 0.25) is 0 Å². The zero-order valence-electron chi connectivity index (χ0n) is 14.1. The van der Waals surface area contributed by atoms with Crippen LogP contribution in [0.3, 0.4) is 0 Å². The summed E-state index contributed by atoms with van der Waals surface area (Å²) in [5.74, 6) is 0. The molecule has 1 fully saturated rings. The number of non-ortho nitro benzene ring substituents is 1. The minimum Gasteiger partial charge on any atom is -0.440 e. The van der Waals surface area contributed by atoms with E-state index in [9.17, 15) is 23.3 Å². The number of hydrogen-bond donors (Lipinski definition) is 0. The van der Waals surface area contributed by atoms with Crippen molar-refractivity contribution in [3.8, 4) is 0 Å². The van der Waals surface area contributed by atoms with Crippen molar-refractivity contribution in [3.05, 3.63) is 82.9 Å². The first-order valence-electron chi connectivity index (χ1n) is 8.01. The lowest BCUT2D eigenvalue weighted by Crippen LogP contribution is -2.48. The summed E-state index contributed by atoms with van der Waals surface area (Å²) >= 11 is 0. The summed E-state index contributed by atoms with van der Waals surface area (Å²) in [5, 5.41) is 10.7. The number of nitro groups is 1. The van der Waals surface area contributed by atoms with Crippen LogP contribution < -0.4 is 0 Å². The van der Waals surface area contributed by atoms with E-state index in [0.717, 1.165) is 29.8 Å². The van der Waals surface area contributed by atoms with E-state index in [0.29, 0.717) is 4.31 Å². The number of sulfonamides is 1. The van der Waals surface area contributed by atoms with Crippen molar-refractivity contribution in [2.75, 3.05) is 0 Å². The summed E-state index contributed by atoms with van der Waals surface area (Å²) in [6.45, 7) is 3.64. The SMILES string of the molecule is C=C[C@H]1C[C@@H](c2ccccc2)OC(=O)N1S(=O)(=O)c1ccc([N+](=O)[O-])cc1. The standard InChI is InChI=1S/C18H16N2O6S/c1-2-14-12-17(13-6-4-3-5-7-13)26-18(21)19(14)27(24,25)16-10-8-15(9-11-16)20(22)23/h2-11,14,17H,1,12H2/t14-,17-/m0/s1. The van der Waals surface area contributed by atoms with Crippen LogP contribution in [0.5, 0.6) is 0 Å². The minimum atomic E-state index is -4.26. The summed E-state index contributed by atoms with van der Waals surface area (Å²) in [6, 6.07) is 12.5. The van der Waals surface area contributed by atoms with Gasteiger partial charge in [-0.25, -0.2) is 13.2 Å². The first-order valence-corrected chi connectivity index (χ1v) is 9.45. The number of cyclic esters (lactones) is 1. The maximum absolute atomic E-state index is 12.9. The second-order valence-electron chi connectivity index (χ2n) is 5.87. The molecule has 9 heteroatoms. The number of amides is 1. The fourth-order valence-corrected chi connectivity index (χ4v) is 4.34. The second kappa shape index (κ2) is 7.20. The Kier molecular flexibility index (Phi) is 4.95. The number of ether oxygens (including phenoxy) is 1. The summed E-state index contributed by atoms with van der Waals surface area (Å²) in [7, 11) is -4.26. The van der Waals surface area contributed by atoms with Crippen LogP contribution in [0.25, 0.3) is 0 Å². The third-order valence-corrected chi connectivity index (χ3v) is 6.03. The molecule has 1 aliphatic heterocycles. The maximum atomic E-state index is 12.9. The summed E-state index contributed by atoms with van der Waals surface area (Å²) in [6.07, 6.45) is -0.0199. The summed E-state index contributed by atoms with van der Waals surface area (Å²) in [4.78, 5) is 22.4. The Bertz CT molecular complexity index is 973. The predicted molar refractivity (Wildman–Crippen MR) is 96.4 cm³/mol. The molecule has 0 aromatic heterocycles. The van der Waals surface area contributed by atoms with E-state index in [2.05, 4.69) is 6.58 Å². The van der Waals surface area contributed by atoms with Crippen LogP contribution >= 0.6 is 0 Å². The highest BCUT2D eigenvalue weighted by Crippen LogP contribution is 2.34. The highest BCUT2D eigenvalue weighted by atomic mass is 32.2. The normalized spacial score (nSPS) is 20.0. The Hall–Kier alpha value is -3.20. The van der Waals surface area contributed by atoms with Crippen molar-refractivity contribution in [3.63, 3.8) is 0 Å². The van der Waals surface area contributed by atoms with Gasteiger partial charge in [-0.1, -0.05) is 36.4 Å². The van der Waals surface area contributed by atoms with Gasteiger partial charge < -0.3 is 4.74 Å². The molecule has 1 heterocycles. The summed E-state index contributed by atoms with van der Waals surface area (Å²) < 4.78 is 31.8. The Balaban J connectivity index is 1.92. The average molecular weight is 388 g/mol. The van der Waals surface area contributed by atoms with Crippen molar-refractivity contribution in [2.45, 2.75) is 23.5 Å². The molecule has 8 nitrogen and oxygen atoms in total. The van der Waals surface area contributed by atoms with E-state index >= 15 is 0 Å². The zero-order valence-corrected chi connectivity index (χ0v) is 14.9. The van der Waals surface area contributed by atoms with E-state index < -0.39 is 33.2 Å². The molecule has 0 unspecified atom stereocenters. The number of benzene rings is 2. The maximum Gasteiger partial charge on any atom is 0.425 e. The van der Waals surface area contributed by atoms with Gasteiger partial charge in [-0.2, -0.15) is 4.31 Å². The average Bonchev–Trinajstić information content (AvgIpc) is 2.67. The number of nitrogens with zero attached hydrogens (tertiary/aromatic N) is 2. The van der Waals surface area contributed by atoms with E-state index in [4.69, 9.17) is 4.74 Å². The molecule has 0 radical (unpaired) electrons. The van der Waals surface area contributed by atoms with Crippen LogP contribution in [0.2, 0.25) is 0 Å². The number of carbonyl (C=O) groups is 1. The molecule has 2 aromatic carbocycles. The van der Waals surface area contributed by atoms with Gasteiger partial charge in [0.05, 0.1) is 15.9 Å². The van der Waals surface area contributed by atoms with Gasteiger partial charge in [-0.15, -0.1) is 6.58 Å². The van der Waals surface area contributed by atoms with E-state index in [1.165, 1.54) is 6.08 Å². The van der Waals surface area contributed by atoms with E-state index in [-0.39, 0.29) is 17.0 Å². The number of nitro benzene ring substituents is 1. The highest BCUT2D eigenvalue weighted by Gasteiger charge is 2.42. The molecule has 140 valence electrons. The Morgan fingerprint density at radius 1 is 1.15 bits per heavy atom. The quantitative estimate of drug-likeness (QED) is 0.441. The molecule has 2 aromatic rings. The van der Waals surface area contributed by atoms with Crippen LogP contribution in [0.1, 0.15) is 18.1 Å². The van der Waals surface area contributed by atoms with Gasteiger partial charge in [0.25, 0.3) is 15.7 Å². The first-order chi connectivity index (χ1) is 12.8. The van der Waals surface area contributed by atoms with Gasteiger partial charge in [0.15, 0.2) is 0 Å². The van der Waals surface area contributed by atoms with Gasteiger partial charge in [-0.05, 0) is 17.7 Å². The molecule has 1 amide bonds. The Morgan fingerprint density at radius 3 is 2.33 bits per heavy atom. The monoisotopic (exact) mass is 388 g/mol. The topological polar surface area (TPSA) is 107 Å². The fraction of sp³-hybridized carbons (Fsp3) is 0.167. The molecule has 0 spiro atoms. The van der Waals surface area contributed by atoms with Crippen LogP contribution in [0.4, 0.5) is 10.5 Å². The van der Waals surface area contributed by atoms with E-state index in [1.54, 1.807) is 24.3 Å². The van der Waals surface area contributed by atoms with Crippen LogP contribution in [-0.4, -0.2) is 29.8 Å². The van der Waals surface area contributed by atoms with Crippen molar-refractivity contribution in [1.29, 1.82) is 0 Å². The molecule has 3 rings (SSSR count). The first kappa shape index (κ1) is 18.6. The van der Waals surface area contributed by atoms with Crippen LogP contribution in [0, 0.1) is 10.1 Å². The van der Waals surface area contributed by atoms with Gasteiger partial charge in [-0.3, -0.25) is 10.1 Å². The van der Waals surface area contributed by atoms with Crippen molar-refractivity contribution >= 4 is 21.8 Å². The van der Waals surface area contributed by atoms with Gasteiger partial charge in [0.1, 0.15) is 6.10 Å². The third-order valence-electron chi connectivity index (χ3n) is 4.23. The molecule has 2 atom stereocenters. The molecule has 0 N–H and O–H groups in total. The lowest BCUT2D eigenvalue weighted by Gasteiger charge is -2.36. The van der Waals surface area contributed by atoms with Gasteiger partial charge >= 0.3 is 6.09 Å². The van der Waals surface area contributed by atoms with Crippen LogP contribution in [0.15, 0.2) is 72.1 Å². The molecule has 27 heavy (non-hydrogen) atoms. The lowest BCUT2D eigenvalue weighted by molar-refractivity contribution is -0.384. The highest BCUT2D eigenvalue weighted by molar-refractivity contribution is 7.89. The zero-order chi connectivity index (χ0) is 19.6. The Labute approximate surface area is 155 Å². The second-order valence-corrected chi connectivity index (χ2v) is 7.69. The molecule has 0 aliphatic carbocycles. The molecule has 0 bridgehead atoms. The molecule has 1 aliphatic rings. The molecular formula is C18H16N2O6S. The minimum absolute atomic E-state index is 0.214. The molecule has 1 saturated heterocycles. The molecular weight excluding hydrogens is 372 g/mol. The number of carbonyl (C=O) groups excluding carboxylic acids is 1. The fourth-order valence-electron chi connectivity index (χ4n) is 2.87. The van der Waals surface area contributed by atoms with E-state index in [1.807, 2.05) is 6.07 Å². The number of rotatable bonds is 5. The Morgan fingerprint density at radius 2 is 1.78 bits per heavy atom. The predicted octanol–water partition coefficient (Wildman–Crippen LogP) is 3.42. The summed E-state index contributed by atoms with van der Waals surface area (Å²) in [5.41, 5.74) is 0.504. The smallest absolute Gasteiger partial charge is 0.425 e. The number of hydrogen-bond acceptors (Lipinski definition) is 6. The van der Waals surface area contributed by atoms with Gasteiger partial charge in [0, 0.05) is 18.6 Å². The third kappa shape index (κ3) is 3.54. The van der Waals surface area contributed by atoms with Crippen molar-refractivity contribution < 1.29 is 22.9 Å². The largest absolute Gasteiger partial charge is 0.440 e. The molecule has 0 saturated carbocycles.